The van der Waals surface area contributed by atoms with Crippen molar-refractivity contribution in [3.05, 3.63) is 66.2 Å². The maximum absolute atomic E-state index is 12.2. The molecule has 0 bridgehead atoms. The number of benzene rings is 2. The molecule has 6 heteroatoms. The second-order valence-electron chi connectivity index (χ2n) is 5.65. The van der Waals surface area contributed by atoms with E-state index in [0.29, 0.717) is 17.7 Å². The molecule has 0 radical (unpaired) electrons. The standard InChI is InChI=1S/C20H23N3O3/c1-4-8-15-9-7-10-16(19(15)24)13-21-23-20(25)14(2)22-17-11-5-6-12-18(17)26-3/h4-7,9-14,22,24H,1,8H2,2-3H3,(H,23,25)/b21-13-/t14-/m0/s1. The van der Waals surface area contributed by atoms with Crippen LogP contribution < -0.4 is 15.5 Å². The van der Waals surface area contributed by atoms with Gasteiger partial charge in [-0.15, -0.1) is 6.58 Å². The average molecular weight is 353 g/mol. The Morgan fingerprint density at radius 2 is 2.08 bits per heavy atom. The largest absolute Gasteiger partial charge is 0.507 e. The molecule has 0 unspecified atom stereocenters. The average Bonchev–Trinajstić information content (AvgIpc) is 2.65. The summed E-state index contributed by atoms with van der Waals surface area (Å²) in [6.07, 6.45) is 3.68. The molecule has 3 N–H and O–H groups in total. The van der Waals surface area contributed by atoms with E-state index in [1.54, 1.807) is 26.2 Å². The molecule has 26 heavy (non-hydrogen) atoms. The lowest BCUT2D eigenvalue weighted by Crippen LogP contribution is -2.35. The van der Waals surface area contributed by atoms with Crippen molar-refractivity contribution in [2.24, 2.45) is 5.10 Å². The first-order valence-electron chi connectivity index (χ1n) is 8.21. The van der Waals surface area contributed by atoms with Crippen LogP contribution in [0.2, 0.25) is 0 Å². The van der Waals surface area contributed by atoms with Crippen molar-refractivity contribution in [2.75, 3.05) is 12.4 Å². The third-order valence-corrected chi connectivity index (χ3v) is 3.77. The molecule has 2 rings (SSSR count). The van der Waals surface area contributed by atoms with E-state index in [-0.39, 0.29) is 11.7 Å². The van der Waals surface area contributed by atoms with Gasteiger partial charge in [-0.05, 0) is 37.1 Å². The number of methoxy groups -OCH3 is 1. The number of hydrazone groups is 1. The third kappa shape index (κ3) is 4.86. The van der Waals surface area contributed by atoms with E-state index >= 15 is 0 Å². The van der Waals surface area contributed by atoms with Gasteiger partial charge in [0.15, 0.2) is 0 Å². The van der Waals surface area contributed by atoms with Crippen molar-refractivity contribution >= 4 is 17.8 Å². The van der Waals surface area contributed by atoms with Gasteiger partial charge in [0.2, 0.25) is 0 Å². The summed E-state index contributed by atoms with van der Waals surface area (Å²) in [5.74, 6) is 0.471. The number of anilines is 1. The van der Waals surface area contributed by atoms with E-state index in [4.69, 9.17) is 4.74 Å². The Labute approximate surface area is 153 Å². The van der Waals surface area contributed by atoms with Crippen molar-refractivity contribution in [2.45, 2.75) is 19.4 Å². The summed E-state index contributed by atoms with van der Waals surface area (Å²) in [5, 5.41) is 17.2. The van der Waals surface area contributed by atoms with Crippen LogP contribution in [-0.2, 0) is 11.2 Å². The van der Waals surface area contributed by atoms with Crippen LogP contribution in [0.15, 0.2) is 60.2 Å². The summed E-state index contributed by atoms with van der Waals surface area (Å²) < 4.78 is 5.25. The number of amides is 1. The van der Waals surface area contributed by atoms with Gasteiger partial charge in [-0.1, -0.05) is 30.3 Å². The molecule has 0 saturated carbocycles. The normalized spacial score (nSPS) is 11.8. The predicted molar refractivity (Wildman–Crippen MR) is 104 cm³/mol. The second kappa shape index (κ2) is 9.27. The molecule has 0 aliphatic rings. The first kappa shape index (κ1) is 19.1. The molecule has 0 aliphatic heterocycles. The fraction of sp³-hybridized carbons (Fsp3) is 0.200. The predicted octanol–water partition coefficient (Wildman–Crippen LogP) is 3.08. The number of para-hydroxylation sites is 3. The van der Waals surface area contributed by atoms with Crippen LogP contribution in [0.4, 0.5) is 5.69 Å². The van der Waals surface area contributed by atoms with Gasteiger partial charge in [-0.3, -0.25) is 4.79 Å². The van der Waals surface area contributed by atoms with Crippen molar-refractivity contribution in [3.63, 3.8) is 0 Å². The molecule has 1 atom stereocenters. The van der Waals surface area contributed by atoms with Crippen LogP contribution in [0.1, 0.15) is 18.1 Å². The molecule has 0 fully saturated rings. The van der Waals surface area contributed by atoms with Gasteiger partial charge in [0.05, 0.1) is 19.0 Å². The van der Waals surface area contributed by atoms with Crippen LogP contribution in [0.25, 0.3) is 0 Å². The molecular formula is C20H23N3O3. The number of aromatic hydroxyl groups is 1. The highest BCUT2D eigenvalue weighted by Gasteiger charge is 2.13. The van der Waals surface area contributed by atoms with Crippen LogP contribution in [0.5, 0.6) is 11.5 Å². The van der Waals surface area contributed by atoms with Crippen LogP contribution in [-0.4, -0.2) is 30.4 Å². The molecule has 0 aliphatic carbocycles. The molecule has 136 valence electrons. The van der Waals surface area contributed by atoms with Gasteiger partial charge in [0.25, 0.3) is 5.91 Å². The molecule has 0 aromatic heterocycles. The van der Waals surface area contributed by atoms with Gasteiger partial charge >= 0.3 is 0 Å². The minimum atomic E-state index is -0.524. The Hall–Kier alpha value is -3.28. The lowest BCUT2D eigenvalue weighted by atomic mass is 10.1. The lowest BCUT2D eigenvalue weighted by molar-refractivity contribution is -0.121. The van der Waals surface area contributed by atoms with E-state index in [0.717, 1.165) is 11.3 Å². The van der Waals surface area contributed by atoms with Gasteiger partial charge in [-0.25, -0.2) is 5.43 Å². The summed E-state index contributed by atoms with van der Waals surface area (Å²) in [6, 6.07) is 12.2. The summed E-state index contributed by atoms with van der Waals surface area (Å²) in [6.45, 7) is 5.38. The Balaban J connectivity index is 1.98. The SMILES string of the molecule is C=CCc1cccc(/C=N\NC(=O)[C@H](C)Nc2ccccc2OC)c1O. The zero-order chi connectivity index (χ0) is 18.9. The van der Waals surface area contributed by atoms with E-state index in [2.05, 4.69) is 22.4 Å². The number of allylic oxidation sites excluding steroid dienone is 1. The maximum Gasteiger partial charge on any atom is 0.262 e. The fourth-order valence-corrected chi connectivity index (χ4v) is 2.36. The van der Waals surface area contributed by atoms with Crippen LogP contribution >= 0.6 is 0 Å². The topological polar surface area (TPSA) is 83.0 Å². The highest BCUT2D eigenvalue weighted by atomic mass is 16.5. The first-order valence-corrected chi connectivity index (χ1v) is 8.21. The quantitative estimate of drug-likeness (QED) is 0.387. The third-order valence-electron chi connectivity index (χ3n) is 3.77. The van der Waals surface area contributed by atoms with Gasteiger partial charge in [0, 0.05) is 5.56 Å². The van der Waals surface area contributed by atoms with Crippen molar-refractivity contribution in [1.29, 1.82) is 0 Å². The number of phenols is 1. The molecular weight excluding hydrogens is 330 g/mol. The number of hydrogen-bond donors (Lipinski definition) is 3. The van der Waals surface area contributed by atoms with Crippen LogP contribution in [0.3, 0.4) is 0 Å². The first-order chi connectivity index (χ1) is 12.6. The fourth-order valence-electron chi connectivity index (χ4n) is 2.36. The number of nitrogens with one attached hydrogen (secondary N) is 2. The van der Waals surface area contributed by atoms with Gasteiger partial charge < -0.3 is 15.2 Å². The maximum atomic E-state index is 12.2. The number of ether oxygens (including phenoxy) is 1. The highest BCUT2D eigenvalue weighted by Crippen LogP contribution is 2.24. The summed E-state index contributed by atoms with van der Waals surface area (Å²) >= 11 is 0. The molecule has 0 spiro atoms. The summed E-state index contributed by atoms with van der Waals surface area (Å²) in [4.78, 5) is 12.2. The van der Waals surface area contributed by atoms with Gasteiger partial charge in [-0.2, -0.15) is 5.10 Å². The van der Waals surface area contributed by atoms with Gasteiger partial charge in [0.1, 0.15) is 17.5 Å². The summed E-state index contributed by atoms with van der Waals surface area (Å²) in [7, 11) is 1.57. The number of carbonyl (C=O) groups excluding carboxylic acids is 1. The number of nitrogens with zero attached hydrogens (tertiary/aromatic N) is 1. The molecule has 0 heterocycles. The minimum absolute atomic E-state index is 0.130. The molecule has 2 aromatic rings. The summed E-state index contributed by atoms with van der Waals surface area (Å²) in [5.41, 5.74) is 4.46. The monoisotopic (exact) mass is 353 g/mol. The number of rotatable bonds is 8. The molecule has 0 saturated heterocycles. The van der Waals surface area contributed by atoms with E-state index in [9.17, 15) is 9.90 Å². The molecule has 6 nitrogen and oxygen atoms in total. The Bertz CT molecular complexity index is 803. The Morgan fingerprint density at radius 1 is 1.31 bits per heavy atom. The van der Waals surface area contributed by atoms with E-state index in [1.165, 1.54) is 6.21 Å². The number of hydrogen-bond acceptors (Lipinski definition) is 5. The Morgan fingerprint density at radius 3 is 2.81 bits per heavy atom. The van der Waals surface area contributed by atoms with Crippen molar-refractivity contribution in [1.82, 2.24) is 5.43 Å². The number of carbonyl (C=O) groups is 1. The lowest BCUT2D eigenvalue weighted by Gasteiger charge is -2.15. The molecule has 2 aromatic carbocycles. The van der Waals surface area contributed by atoms with E-state index in [1.807, 2.05) is 36.4 Å². The molecule has 1 amide bonds. The minimum Gasteiger partial charge on any atom is -0.507 e. The highest BCUT2D eigenvalue weighted by molar-refractivity contribution is 5.88. The number of phenolic OH excluding ortho intramolecular Hbond substituents is 1. The van der Waals surface area contributed by atoms with E-state index < -0.39 is 6.04 Å². The zero-order valence-corrected chi connectivity index (χ0v) is 14.9. The van der Waals surface area contributed by atoms with Crippen LogP contribution in [0, 0.1) is 0 Å². The van der Waals surface area contributed by atoms with Crippen molar-refractivity contribution in [3.8, 4) is 11.5 Å². The smallest absolute Gasteiger partial charge is 0.262 e. The second-order valence-corrected chi connectivity index (χ2v) is 5.65. The van der Waals surface area contributed by atoms with Crippen molar-refractivity contribution < 1.29 is 14.6 Å². The zero-order valence-electron chi connectivity index (χ0n) is 14.9. The Kier molecular flexibility index (Phi) is 6.79.